The lowest BCUT2D eigenvalue weighted by Gasteiger charge is -2.19. The van der Waals surface area contributed by atoms with Crippen LogP contribution in [0.4, 0.5) is 0 Å². The van der Waals surface area contributed by atoms with Crippen LogP contribution in [-0.2, 0) is 17.9 Å². The predicted molar refractivity (Wildman–Crippen MR) is 65.5 cm³/mol. The number of hydrogen-bond acceptors (Lipinski definition) is 4. The zero-order valence-electron chi connectivity index (χ0n) is 11.0. The Labute approximate surface area is 103 Å². The van der Waals surface area contributed by atoms with E-state index in [9.17, 15) is 0 Å². The largest absolute Gasteiger partial charge is 0.373 e. The molecule has 0 saturated heterocycles. The van der Waals surface area contributed by atoms with E-state index in [0.29, 0.717) is 6.61 Å². The molecule has 0 amide bonds. The molecule has 0 radical (unpaired) electrons. The molecular formula is C13H22N2O2. The molecule has 1 saturated carbocycles. The fourth-order valence-corrected chi connectivity index (χ4v) is 1.47. The lowest BCUT2D eigenvalue weighted by Crippen LogP contribution is -2.35. The fourth-order valence-electron chi connectivity index (χ4n) is 1.47. The molecule has 0 aliphatic heterocycles. The predicted octanol–water partition coefficient (Wildman–Crippen LogP) is 2.49. The Morgan fingerprint density at radius 2 is 2.24 bits per heavy atom. The Morgan fingerprint density at radius 3 is 2.88 bits per heavy atom. The van der Waals surface area contributed by atoms with Gasteiger partial charge in [0.15, 0.2) is 5.76 Å². The van der Waals surface area contributed by atoms with Crippen LogP contribution in [0.15, 0.2) is 10.6 Å². The number of nitrogens with one attached hydrogen (secondary N) is 1. The Hall–Kier alpha value is -0.870. The highest BCUT2D eigenvalue weighted by molar-refractivity contribution is 5.04. The second kappa shape index (κ2) is 5.19. The third kappa shape index (κ3) is 4.88. The number of nitrogens with zero attached hydrogens (tertiary/aromatic N) is 1. The van der Waals surface area contributed by atoms with Crippen LogP contribution in [0.1, 0.15) is 45.1 Å². The Bertz CT molecular complexity index is 351. The van der Waals surface area contributed by atoms with Crippen molar-refractivity contribution >= 4 is 0 Å². The smallest absolute Gasteiger partial charge is 0.162 e. The van der Waals surface area contributed by atoms with Gasteiger partial charge in [0.05, 0.1) is 5.69 Å². The summed E-state index contributed by atoms with van der Waals surface area (Å²) in [5.41, 5.74) is 1.03. The summed E-state index contributed by atoms with van der Waals surface area (Å²) < 4.78 is 10.8. The van der Waals surface area contributed by atoms with E-state index >= 15 is 0 Å². The minimum absolute atomic E-state index is 0.0988. The summed E-state index contributed by atoms with van der Waals surface area (Å²) in [7, 11) is 0. The summed E-state index contributed by atoms with van der Waals surface area (Å²) in [5, 5.41) is 7.39. The molecule has 1 fully saturated rings. The summed E-state index contributed by atoms with van der Waals surface area (Å²) in [6, 6.07) is 1.96. The third-order valence-corrected chi connectivity index (χ3v) is 2.70. The highest BCUT2D eigenvalue weighted by Crippen LogP contribution is 2.29. The molecule has 0 spiro atoms. The van der Waals surface area contributed by atoms with Crippen LogP contribution in [-0.4, -0.2) is 17.3 Å². The summed E-state index contributed by atoms with van der Waals surface area (Å²) >= 11 is 0. The van der Waals surface area contributed by atoms with Crippen molar-refractivity contribution in [1.29, 1.82) is 0 Å². The van der Waals surface area contributed by atoms with E-state index in [4.69, 9.17) is 9.26 Å². The molecule has 4 nitrogen and oxygen atoms in total. The van der Waals surface area contributed by atoms with Crippen LogP contribution in [0.3, 0.4) is 0 Å². The van der Waals surface area contributed by atoms with E-state index < -0.39 is 0 Å². The maximum absolute atomic E-state index is 5.55. The van der Waals surface area contributed by atoms with E-state index in [2.05, 4.69) is 31.2 Å². The number of ether oxygens (including phenoxy) is 1. The van der Waals surface area contributed by atoms with Crippen LogP contribution >= 0.6 is 0 Å². The van der Waals surface area contributed by atoms with Gasteiger partial charge in [-0.2, -0.15) is 0 Å². The summed E-state index contributed by atoms with van der Waals surface area (Å²) in [4.78, 5) is 0. The van der Waals surface area contributed by atoms with Crippen molar-refractivity contribution in [3.05, 3.63) is 17.5 Å². The molecule has 17 heavy (non-hydrogen) atoms. The standard InChI is InChI=1S/C13H22N2O2/c1-13(2,3)14-7-11-6-12(17-15-11)9-16-8-10-4-5-10/h6,10,14H,4-5,7-9H2,1-3H3. The van der Waals surface area contributed by atoms with Crippen LogP contribution in [0.2, 0.25) is 0 Å². The topological polar surface area (TPSA) is 47.3 Å². The molecule has 1 aliphatic carbocycles. The monoisotopic (exact) mass is 238 g/mol. The number of hydrogen-bond donors (Lipinski definition) is 1. The molecule has 1 aromatic rings. The third-order valence-electron chi connectivity index (χ3n) is 2.70. The molecule has 1 aliphatic rings. The van der Waals surface area contributed by atoms with Crippen molar-refractivity contribution in [1.82, 2.24) is 10.5 Å². The Balaban J connectivity index is 1.70. The van der Waals surface area contributed by atoms with Crippen molar-refractivity contribution in [2.24, 2.45) is 5.92 Å². The zero-order valence-corrected chi connectivity index (χ0v) is 11.0. The van der Waals surface area contributed by atoms with Crippen molar-refractivity contribution in [2.45, 2.75) is 52.3 Å². The molecule has 2 rings (SSSR count). The summed E-state index contributed by atoms with van der Waals surface area (Å²) in [6.45, 7) is 8.52. The first-order valence-electron chi connectivity index (χ1n) is 6.30. The highest BCUT2D eigenvalue weighted by Gasteiger charge is 2.21. The minimum Gasteiger partial charge on any atom is -0.373 e. The summed E-state index contributed by atoms with van der Waals surface area (Å²) in [6.07, 6.45) is 2.63. The summed E-state index contributed by atoms with van der Waals surface area (Å²) in [5.74, 6) is 1.61. The second-order valence-corrected chi connectivity index (χ2v) is 5.85. The average molecular weight is 238 g/mol. The van der Waals surface area contributed by atoms with Gasteiger partial charge in [-0.3, -0.25) is 0 Å². The number of rotatable bonds is 6. The van der Waals surface area contributed by atoms with Gasteiger partial charge < -0.3 is 14.6 Å². The van der Waals surface area contributed by atoms with Gasteiger partial charge in [-0.05, 0) is 39.5 Å². The first kappa shape index (κ1) is 12.6. The molecule has 4 heteroatoms. The quantitative estimate of drug-likeness (QED) is 0.827. The molecule has 0 bridgehead atoms. The second-order valence-electron chi connectivity index (χ2n) is 5.85. The normalized spacial score (nSPS) is 16.4. The molecule has 0 unspecified atom stereocenters. The van der Waals surface area contributed by atoms with E-state index in [-0.39, 0.29) is 5.54 Å². The lowest BCUT2D eigenvalue weighted by atomic mass is 10.1. The van der Waals surface area contributed by atoms with E-state index in [0.717, 1.165) is 30.5 Å². The SMILES string of the molecule is CC(C)(C)NCc1cc(COCC2CC2)on1. The minimum atomic E-state index is 0.0988. The van der Waals surface area contributed by atoms with Gasteiger partial charge in [0, 0.05) is 24.8 Å². The molecule has 0 atom stereocenters. The van der Waals surface area contributed by atoms with Crippen molar-refractivity contribution in [2.75, 3.05) is 6.61 Å². The van der Waals surface area contributed by atoms with E-state index in [1.54, 1.807) is 0 Å². The van der Waals surface area contributed by atoms with Crippen LogP contribution in [0.5, 0.6) is 0 Å². The van der Waals surface area contributed by atoms with Crippen LogP contribution in [0, 0.1) is 5.92 Å². The molecule has 1 heterocycles. The van der Waals surface area contributed by atoms with Gasteiger partial charge in [-0.25, -0.2) is 0 Å². The van der Waals surface area contributed by atoms with Gasteiger partial charge in [-0.1, -0.05) is 5.16 Å². The highest BCUT2D eigenvalue weighted by atomic mass is 16.5. The number of aromatic nitrogens is 1. The van der Waals surface area contributed by atoms with Gasteiger partial charge >= 0.3 is 0 Å². The van der Waals surface area contributed by atoms with Gasteiger partial charge in [0.25, 0.3) is 0 Å². The maximum Gasteiger partial charge on any atom is 0.162 e. The van der Waals surface area contributed by atoms with Crippen molar-refractivity contribution < 1.29 is 9.26 Å². The molecule has 96 valence electrons. The first-order chi connectivity index (χ1) is 8.03. The van der Waals surface area contributed by atoms with Crippen molar-refractivity contribution in [3.8, 4) is 0 Å². The first-order valence-corrected chi connectivity index (χ1v) is 6.30. The average Bonchev–Trinajstić information content (AvgIpc) is 2.93. The van der Waals surface area contributed by atoms with E-state index in [1.807, 2.05) is 6.07 Å². The van der Waals surface area contributed by atoms with E-state index in [1.165, 1.54) is 12.8 Å². The fraction of sp³-hybridized carbons (Fsp3) is 0.769. The van der Waals surface area contributed by atoms with Crippen LogP contribution in [0.25, 0.3) is 0 Å². The Kier molecular flexibility index (Phi) is 3.84. The van der Waals surface area contributed by atoms with Gasteiger partial charge in [-0.15, -0.1) is 0 Å². The van der Waals surface area contributed by atoms with Crippen LogP contribution < -0.4 is 5.32 Å². The molecule has 0 aromatic carbocycles. The lowest BCUT2D eigenvalue weighted by molar-refractivity contribution is 0.0926. The zero-order chi connectivity index (χ0) is 12.3. The molecule has 1 aromatic heterocycles. The Morgan fingerprint density at radius 1 is 1.47 bits per heavy atom. The molecule has 1 N–H and O–H groups in total. The molecular weight excluding hydrogens is 216 g/mol. The van der Waals surface area contributed by atoms with Crippen molar-refractivity contribution in [3.63, 3.8) is 0 Å². The maximum atomic E-state index is 5.55. The van der Waals surface area contributed by atoms with Gasteiger partial charge in [0.1, 0.15) is 6.61 Å². The van der Waals surface area contributed by atoms with Gasteiger partial charge in [0.2, 0.25) is 0 Å².